The molecule has 26 heavy (non-hydrogen) atoms. The van der Waals surface area contributed by atoms with Gasteiger partial charge in [-0.05, 0) is 50.3 Å². The van der Waals surface area contributed by atoms with Crippen LogP contribution in [0.15, 0.2) is 47.6 Å². The number of benzene rings is 1. The van der Waals surface area contributed by atoms with E-state index in [2.05, 4.69) is 32.0 Å². The average molecular weight is 376 g/mol. The summed E-state index contributed by atoms with van der Waals surface area (Å²) < 4.78 is 24.8. The van der Waals surface area contributed by atoms with E-state index in [9.17, 15) is 13.6 Å². The summed E-state index contributed by atoms with van der Waals surface area (Å²) in [5, 5.41) is 11.4. The highest BCUT2D eigenvalue weighted by atomic mass is 32.2. The quantitative estimate of drug-likeness (QED) is 0.353. The molecule has 0 fully saturated rings. The molecule has 2 aromatic rings. The molecule has 0 spiro atoms. The summed E-state index contributed by atoms with van der Waals surface area (Å²) in [6.07, 6.45) is 8.32. The Labute approximate surface area is 157 Å². The molecule has 0 aliphatic rings. The summed E-state index contributed by atoms with van der Waals surface area (Å²) in [5.41, 5.74) is 4.10. The minimum atomic E-state index is -3.48. The van der Waals surface area contributed by atoms with Crippen molar-refractivity contribution in [2.45, 2.75) is 63.8 Å². The molecule has 0 bridgehead atoms. The maximum Gasteiger partial charge on any atom is 0.308 e. The number of unbranched alkanes of at least 4 members (excludes halogenated alkanes) is 5. The first-order chi connectivity index (χ1) is 12.4. The van der Waals surface area contributed by atoms with Gasteiger partial charge in [0, 0.05) is 12.1 Å². The molecule has 0 saturated heterocycles. The largest absolute Gasteiger partial charge is 0.618 e. The number of nitrogens with zero attached hydrogens (tertiary/aromatic N) is 1. The molecule has 0 aliphatic heterocycles. The average Bonchev–Trinajstić information content (AvgIpc) is 2.60. The fourth-order valence-electron chi connectivity index (χ4n) is 3.14. The first-order valence-corrected chi connectivity index (χ1v) is 11.0. The molecule has 0 amide bonds. The Morgan fingerprint density at radius 3 is 2.35 bits per heavy atom. The number of pyridine rings is 1. The second kappa shape index (κ2) is 9.72. The molecule has 0 aliphatic carbocycles. The van der Waals surface area contributed by atoms with Gasteiger partial charge >= 0.3 is 5.03 Å². The van der Waals surface area contributed by atoms with E-state index in [1.54, 1.807) is 6.07 Å². The van der Waals surface area contributed by atoms with Gasteiger partial charge in [0.15, 0.2) is 6.20 Å². The van der Waals surface area contributed by atoms with Crippen molar-refractivity contribution in [1.82, 2.24) is 0 Å². The number of hydrogen-bond donors (Lipinski definition) is 0. The van der Waals surface area contributed by atoms with Crippen LogP contribution in [-0.2, 0) is 16.3 Å². The van der Waals surface area contributed by atoms with Gasteiger partial charge in [0.05, 0.1) is 5.75 Å². The minimum absolute atomic E-state index is 0.0434. The Morgan fingerprint density at radius 1 is 0.923 bits per heavy atom. The molecule has 0 unspecified atom stereocenters. The Morgan fingerprint density at radius 2 is 1.62 bits per heavy atom. The van der Waals surface area contributed by atoms with Crippen LogP contribution in [0.1, 0.15) is 55.2 Å². The lowest BCUT2D eigenvalue weighted by atomic mass is 9.99. The van der Waals surface area contributed by atoms with Gasteiger partial charge in [0.2, 0.25) is 9.84 Å². The lowest BCUT2D eigenvalue weighted by Gasteiger charge is -2.07. The Balaban J connectivity index is 1.62. The molecular weight excluding hydrogens is 346 g/mol. The second-order valence-electron chi connectivity index (χ2n) is 6.98. The zero-order chi connectivity index (χ0) is 19.0. The highest BCUT2D eigenvalue weighted by molar-refractivity contribution is 7.91. The topological polar surface area (TPSA) is 61.1 Å². The molecule has 1 aromatic heterocycles. The van der Waals surface area contributed by atoms with Crippen molar-refractivity contribution in [1.29, 1.82) is 0 Å². The van der Waals surface area contributed by atoms with Gasteiger partial charge in [-0.3, -0.25) is 0 Å². The van der Waals surface area contributed by atoms with E-state index in [0.717, 1.165) is 25.7 Å². The van der Waals surface area contributed by atoms with Crippen LogP contribution in [0.3, 0.4) is 0 Å². The molecule has 1 heterocycles. The van der Waals surface area contributed by atoms with Crippen LogP contribution < -0.4 is 4.73 Å². The van der Waals surface area contributed by atoms with Crippen LogP contribution in [0, 0.1) is 19.1 Å². The van der Waals surface area contributed by atoms with Crippen LogP contribution >= 0.6 is 0 Å². The predicted octanol–water partition coefficient (Wildman–Crippen LogP) is 4.29. The van der Waals surface area contributed by atoms with Crippen molar-refractivity contribution in [3.05, 3.63) is 64.5 Å². The zero-order valence-electron chi connectivity index (χ0n) is 15.8. The standard InChI is InChI=1S/C21H29NO3S/c1-18-13-14-19(2)20(17-18)11-7-5-3-4-6-10-16-26(24,25)21-12-8-9-15-22(21)23/h8-9,12-15,17H,3-7,10-11,16H2,1-2H3. The summed E-state index contributed by atoms with van der Waals surface area (Å²) >= 11 is 0. The molecule has 0 atom stereocenters. The van der Waals surface area contributed by atoms with Gasteiger partial charge in [0.25, 0.3) is 0 Å². The third-order valence-electron chi connectivity index (χ3n) is 4.72. The summed E-state index contributed by atoms with van der Waals surface area (Å²) in [6.45, 7) is 4.29. The maximum absolute atomic E-state index is 12.2. The van der Waals surface area contributed by atoms with E-state index in [1.165, 1.54) is 47.9 Å². The van der Waals surface area contributed by atoms with Crippen molar-refractivity contribution < 1.29 is 13.1 Å². The lowest BCUT2D eigenvalue weighted by molar-refractivity contribution is -0.646. The predicted molar refractivity (Wildman–Crippen MR) is 105 cm³/mol. The smallest absolute Gasteiger partial charge is 0.308 e. The van der Waals surface area contributed by atoms with E-state index in [1.807, 2.05) is 0 Å². The summed E-state index contributed by atoms with van der Waals surface area (Å²) in [4.78, 5) is 0. The number of aryl methyl sites for hydroxylation is 3. The monoisotopic (exact) mass is 375 g/mol. The molecule has 5 heteroatoms. The minimum Gasteiger partial charge on any atom is -0.618 e. The van der Waals surface area contributed by atoms with Crippen LogP contribution in [0.5, 0.6) is 0 Å². The molecule has 0 saturated carbocycles. The molecule has 4 nitrogen and oxygen atoms in total. The first kappa shape index (κ1) is 20.4. The Bertz CT molecular complexity index is 816. The maximum atomic E-state index is 12.2. The number of hydrogen-bond acceptors (Lipinski definition) is 3. The first-order valence-electron chi connectivity index (χ1n) is 9.37. The lowest BCUT2D eigenvalue weighted by Crippen LogP contribution is -2.34. The van der Waals surface area contributed by atoms with Gasteiger partial charge in [-0.15, -0.1) is 0 Å². The Hall–Kier alpha value is -1.88. The molecule has 1 aromatic carbocycles. The van der Waals surface area contributed by atoms with E-state index < -0.39 is 9.84 Å². The van der Waals surface area contributed by atoms with Crippen molar-refractivity contribution >= 4 is 9.84 Å². The van der Waals surface area contributed by atoms with E-state index >= 15 is 0 Å². The Kier molecular flexibility index (Phi) is 7.64. The highest BCUT2D eigenvalue weighted by Crippen LogP contribution is 2.16. The SMILES string of the molecule is Cc1ccc(C)c(CCCCCCCCS(=O)(=O)c2cccc[n+]2[O-])c1. The number of sulfone groups is 1. The normalized spacial score (nSPS) is 11.6. The van der Waals surface area contributed by atoms with Crippen LogP contribution in [0.25, 0.3) is 0 Å². The van der Waals surface area contributed by atoms with Crippen LogP contribution in [0.2, 0.25) is 0 Å². The van der Waals surface area contributed by atoms with Crippen molar-refractivity contribution in [2.24, 2.45) is 0 Å². The van der Waals surface area contributed by atoms with Crippen molar-refractivity contribution in [2.75, 3.05) is 5.75 Å². The number of rotatable bonds is 10. The fraction of sp³-hybridized carbons (Fsp3) is 0.476. The summed E-state index contributed by atoms with van der Waals surface area (Å²) in [6, 6.07) is 11.1. The van der Waals surface area contributed by atoms with Crippen LogP contribution in [-0.4, -0.2) is 14.2 Å². The van der Waals surface area contributed by atoms with Gasteiger partial charge < -0.3 is 5.21 Å². The third-order valence-corrected chi connectivity index (χ3v) is 6.50. The summed E-state index contributed by atoms with van der Waals surface area (Å²) in [5.74, 6) is 0.0434. The van der Waals surface area contributed by atoms with E-state index in [0.29, 0.717) is 11.2 Å². The van der Waals surface area contributed by atoms with Gasteiger partial charge in [-0.2, -0.15) is 4.73 Å². The second-order valence-corrected chi connectivity index (χ2v) is 9.04. The van der Waals surface area contributed by atoms with Crippen LogP contribution in [0.4, 0.5) is 0 Å². The zero-order valence-corrected chi connectivity index (χ0v) is 16.6. The van der Waals surface area contributed by atoms with E-state index in [-0.39, 0.29) is 10.8 Å². The fourth-order valence-corrected chi connectivity index (χ4v) is 4.56. The molecule has 0 N–H and O–H groups in total. The van der Waals surface area contributed by atoms with Crippen molar-refractivity contribution in [3.63, 3.8) is 0 Å². The molecular formula is C21H29NO3S. The highest BCUT2D eigenvalue weighted by Gasteiger charge is 2.22. The third kappa shape index (κ3) is 6.13. The molecule has 2 rings (SSSR count). The van der Waals surface area contributed by atoms with Gasteiger partial charge in [-0.1, -0.05) is 49.4 Å². The van der Waals surface area contributed by atoms with Gasteiger partial charge in [-0.25, -0.2) is 8.42 Å². The summed E-state index contributed by atoms with van der Waals surface area (Å²) in [7, 11) is -3.48. The van der Waals surface area contributed by atoms with Crippen molar-refractivity contribution in [3.8, 4) is 0 Å². The molecule has 142 valence electrons. The number of aromatic nitrogens is 1. The molecule has 0 radical (unpaired) electrons. The van der Waals surface area contributed by atoms with Gasteiger partial charge in [0.1, 0.15) is 0 Å². The van der Waals surface area contributed by atoms with E-state index in [4.69, 9.17) is 0 Å².